The van der Waals surface area contributed by atoms with Crippen LogP contribution in [-0.4, -0.2) is 25.3 Å². The van der Waals surface area contributed by atoms with E-state index < -0.39 is 6.10 Å². The van der Waals surface area contributed by atoms with Crippen molar-refractivity contribution in [2.75, 3.05) is 13.2 Å². The maximum absolute atomic E-state index is 12.6. The first-order valence-electron chi connectivity index (χ1n) is 15.0. The highest BCUT2D eigenvalue weighted by molar-refractivity contribution is 5.75. The molecule has 0 aliphatic rings. The number of hydrogen-bond acceptors (Lipinski definition) is 5. The van der Waals surface area contributed by atoms with Gasteiger partial charge in [0.25, 0.3) is 0 Å². The highest BCUT2D eigenvalue weighted by Crippen LogP contribution is 2.35. The maximum Gasteiger partial charge on any atom is 0.347 e. The number of rotatable bonds is 19. The minimum atomic E-state index is -0.673. The number of carbonyl (C=O) groups excluding carboxylic acids is 1. The molecule has 0 aliphatic heterocycles. The predicted molar refractivity (Wildman–Crippen MR) is 162 cm³/mol. The van der Waals surface area contributed by atoms with Crippen LogP contribution in [0.4, 0.5) is 0 Å². The molecule has 0 saturated heterocycles. The first-order valence-corrected chi connectivity index (χ1v) is 15.0. The van der Waals surface area contributed by atoms with Gasteiger partial charge in [-0.1, -0.05) is 101 Å². The molecule has 0 aliphatic carbocycles. The average molecular weight is 547 g/mol. The summed E-state index contributed by atoms with van der Waals surface area (Å²) in [5.41, 5.74) is 3.11. The Morgan fingerprint density at radius 1 is 0.700 bits per heavy atom. The summed E-state index contributed by atoms with van der Waals surface area (Å²) in [5, 5.41) is 0. The molecule has 0 fully saturated rings. The molecule has 40 heavy (non-hydrogen) atoms. The molecule has 0 heterocycles. The Labute approximate surface area is 240 Å². The largest absolute Gasteiger partial charge is 0.494 e. The molecule has 1 atom stereocenters. The standard InChI is InChI=1S/C35H46O5/c1-4-7-9-10-11-15-25-38-31-22-19-29(20-23-31)30-21-24-32(40-33(18-8-5-2)35(36)37-6-3)34(26-30)39-27-28-16-13-12-14-17-28/h12-14,16-17,19-24,26,33H,4-11,15,18,25,27H2,1-3H3/t33-/m1/s1. The fraction of sp³-hybridized carbons (Fsp3) is 0.457. The molecule has 0 N–H and O–H groups in total. The normalized spacial score (nSPS) is 11.6. The Morgan fingerprint density at radius 2 is 1.40 bits per heavy atom. The third-order valence-corrected chi connectivity index (χ3v) is 6.77. The van der Waals surface area contributed by atoms with E-state index in [1.165, 1.54) is 32.1 Å². The molecule has 0 radical (unpaired) electrons. The maximum atomic E-state index is 12.6. The number of benzene rings is 3. The molecule has 3 aromatic rings. The molecule has 5 heteroatoms. The quantitative estimate of drug-likeness (QED) is 0.111. The van der Waals surface area contributed by atoms with Gasteiger partial charge in [0.15, 0.2) is 17.6 Å². The minimum absolute atomic E-state index is 0.319. The molecule has 0 spiro atoms. The smallest absolute Gasteiger partial charge is 0.347 e. The van der Waals surface area contributed by atoms with Crippen LogP contribution in [0, 0.1) is 0 Å². The van der Waals surface area contributed by atoms with Gasteiger partial charge in [-0.2, -0.15) is 0 Å². The van der Waals surface area contributed by atoms with Gasteiger partial charge in [-0.3, -0.25) is 0 Å². The van der Waals surface area contributed by atoms with E-state index in [1.807, 2.05) is 67.6 Å². The second kappa shape index (κ2) is 18.0. The van der Waals surface area contributed by atoms with Crippen molar-refractivity contribution < 1.29 is 23.7 Å². The van der Waals surface area contributed by atoms with Crippen LogP contribution in [0.3, 0.4) is 0 Å². The summed E-state index contributed by atoms with van der Waals surface area (Å²) in [7, 11) is 0. The second-order valence-electron chi connectivity index (χ2n) is 10.1. The van der Waals surface area contributed by atoms with Crippen LogP contribution in [-0.2, 0) is 16.1 Å². The van der Waals surface area contributed by atoms with Crippen molar-refractivity contribution in [2.24, 2.45) is 0 Å². The van der Waals surface area contributed by atoms with E-state index in [-0.39, 0.29) is 5.97 Å². The lowest BCUT2D eigenvalue weighted by Gasteiger charge is -2.20. The van der Waals surface area contributed by atoms with Crippen LogP contribution in [0.15, 0.2) is 72.8 Å². The summed E-state index contributed by atoms with van der Waals surface area (Å²) in [6.07, 6.45) is 9.24. The number of hydrogen-bond donors (Lipinski definition) is 0. The SMILES string of the molecule is CCCCCCCCOc1ccc(-c2ccc(O[C@H](CCCC)C(=O)OCC)c(OCc3ccccc3)c2)cc1. The summed E-state index contributed by atoms with van der Waals surface area (Å²) in [4.78, 5) is 12.6. The van der Waals surface area contributed by atoms with Crippen molar-refractivity contribution in [3.8, 4) is 28.4 Å². The molecule has 0 saturated carbocycles. The van der Waals surface area contributed by atoms with Gasteiger partial charge in [0.05, 0.1) is 13.2 Å². The molecule has 3 aromatic carbocycles. The van der Waals surface area contributed by atoms with Crippen LogP contribution in [0.5, 0.6) is 17.2 Å². The Morgan fingerprint density at radius 3 is 2.12 bits per heavy atom. The Bertz CT molecular complexity index is 1110. The predicted octanol–water partition coefficient (Wildman–Crippen LogP) is 9.17. The topological polar surface area (TPSA) is 54.0 Å². The molecule has 0 unspecified atom stereocenters. The van der Waals surface area contributed by atoms with Crippen LogP contribution in [0.2, 0.25) is 0 Å². The molecule has 3 rings (SSSR count). The summed E-state index contributed by atoms with van der Waals surface area (Å²) < 4.78 is 23.7. The van der Waals surface area contributed by atoms with E-state index in [9.17, 15) is 4.79 Å². The van der Waals surface area contributed by atoms with Crippen LogP contribution in [0.1, 0.15) is 84.1 Å². The van der Waals surface area contributed by atoms with Gasteiger partial charge in [-0.15, -0.1) is 0 Å². The molecule has 216 valence electrons. The third kappa shape index (κ3) is 10.6. The lowest BCUT2D eigenvalue weighted by Crippen LogP contribution is -2.29. The van der Waals surface area contributed by atoms with E-state index in [0.717, 1.165) is 48.3 Å². The van der Waals surface area contributed by atoms with Gasteiger partial charge >= 0.3 is 5.97 Å². The van der Waals surface area contributed by atoms with Crippen molar-refractivity contribution in [1.82, 2.24) is 0 Å². The van der Waals surface area contributed by atoms with E-state index in [4.69, 9.17) is 18.9 Å². The number of esters is 1. The van der Waals surface area contributed by atoms with Crippen molar-refractivity contribution in [1.29, 1.82) is 0 Å². The lowest BCUT2D eigenvalue weighted by atomic mass is 10.0. The molecule has 0 aromatic heterocycles. The summed E-state index contributed by atoms with van der Waals surface area (Å²) in [5.74, 6) is 1.67. The zero-order valence-electron chi connectivity index (χ0n) is 24.5. The molecular weight excluding hydrogens is 500 g/mol. The number of unbranched alkanes of at least 4 members (excludes halogenated alkanes) is 6. The second-order valence-corrected chi connectivity index (χ2v) is 10.1. The van der Waals surface area contributed by atoms with Gasteiger partial charge in [0.1, 0.15) is 12.4 Å². The summed E-state index contributed by atoms with van der Waals surface area (Å²) in [6, 6.07) is 24.0. The zero-order chi connectivity index (χ0) is 28.4. The van der Waals surface area contributed by atoms with E-state index in [1.54, 1.807) is 0 Å². The average Bonchev–Trinajstić information content (AvgIpc) is 2.99. The van der Waals surface area contributed by atoms with Crippen LogP contribution in [0.25, 0.3) is 11.1 Å². The number of ether oxygens (including phenoxy) is 4. The summed E-state index contributed by atoms with van der Waals surface area (Å²) >= 11 is 0. The molecule has 0 amide bonds. The van der Waals surface area contributed by atoms with Crippen LogP contribution >= 0.6 is 0 Å². The van der Waals surface area contributed by atoms with E-state index in [2.05, 4.69) is 26.0 Å². The third-order valence-electron chi connectivity index (χ3n) is 6.77. The number of carbonyl (C=O) groups is 1. The lowest BCUT2D eigenvalue weighted by molar-refractivity contribution is -0.151. The molecule has 5 nitrogen and oxygen atoms in total. The van der Waals surface area contributed by atoms with Gasteiger partial charge in [-0.05, 0) is 67.1 Å². The monoisotopic (exact) mass is 546 g/mol. The van der Waals surface area contributed by atoms with Gasteiger partial charge in [0, 0.05) is 0 Å². The van der Waals surface area contributed by atoms with Crippen molar-refractivity contribution in [2.45, 2.75) is 91.3 Å². The fourth-order valence-corrected chi connectivity index (χ4v) is 4.45. The molecule has 0 bridgehead atoms. The highest BCUT2D eigenvalue weighted by Gasteiger charge is 2.23. The van der Waals surface area contributed by atoms with Gasteiger partial charge in [0.2, 0.25) is 0 Å². The first-order chi connectivity index (χ1) is 19.6. The molecular formula is C35H46O5. The van der Waals surface area contributed by atoms with E-state index in [0.29, 0.717) is 31.1 Å². The first kappa shape index (κ1) is 31.1. The fourth-order valence-electron chi connectivity index (χ4n) is 4.45. The van der Waals surface area contributed by atoms with Crippen LogP contribution < -0.4 is 14.2 Å². The van der Waals surface area contributed by atoms with E-state index >= 15 is 0 Å². The minimum Gasteiger partial charge on any atom is -0.494 e. The van der Waals surface area contributed by atoms with Crippen molar-refractivity contribution in [3.63, 3.8) is 0 Å². The van der Waals surface area contributed by atoms with Crippen molar-refractivity contribution in [3.05, 3.63) is 78.4 Å². The Kier molecular flexibility index (Phi) is 14.0. The summed E-state index contributed by atoms with van der Waals surface area (Å²) in [6.45, 7) is 7.60. The Balaban J connectivity index is 1.72. The highest BCUT2D eigenvalue weighted by atomic mass is 16.6. The van der Waals surface area contributed by atoms with Gasteiger partial charge < -0.3 is 18.9 Å². The van der Waals surface area contributed by atoms with Gasteiger partial charge in [-0.25, -0.2) is 4.79 Å². The Hall–Kier alpha value is -3.47. The zero-order valence-corrected chi connectivity index (χ0v) is 24.5. The van der Waals surface area contributed by atoms with Crippen molar-refractivity contribution >= 4 is 5.97 Å².